The molecule has 1 saturated heterocycles. The molecule has 2 rings (SSSR count). The van der Waals surface area contributed by atoms with E-state index < -0.39 is 0 Å². The van der Waals surface area contributed by atoms with Crippen LogP contribution in [-0.2, 0) is 16.1 Å². The summed E-state index contributed by atoms with van der Waals surface area (Å²) in [6.07, 6.45) is 6.04. The van der Waals surface area contributed by atoms with Crippen LogP contribution in [0.5, 0.6) is 0 Å². The molecule has 20 heavy (non-hydrogen) atoms. The van der Waals surface area contributed by atoms with Gasteiger partial charge in [0.05, 0.1) is 13.2 Å². The first-order valence-electron chi connectivity index (χ1n) is 7.40. The molecular weight excluding hydrogens is 254 g/mol. The number of ether oxygens (including phenoxy) is 1. The van der Waals surface area contributed by atoms with Gasteiger partial charge in [0, 0.05) is 39.1 Å². The molecule has 0 spiro atoms. The molecule has 1 aliphatic rings. The molecule has 1 aromatic rings. The van der Waals surface area contributed by atoms with E-state index in [0.717, 1.165) is 52.2 Å². The highest BCUT2D eigenvalue weighted by Gasteiger charge is 2.11. The van der Waals surface area contributed by atoms with Gasteiger partial charge in [0.15, 0.2) is 0 Å². The van der Waals surface area contributed by atoms with Gasteiger partial charge in [0.1, 0.15) is 6.54 Å². The van der Waals surface area contributed by atoms with Gasteiger partial charge in [-0.15, -0.1) is 0 Å². The lowest BCUT2D eigenvalue weighted by Gasteiger charge is -2.26. The molecule has 0 N–H and O–H groups in total. The number of hydrogen-bond acceptors (Lipinski definition) is 3. The second kappa shape index (κ2) is 8.07. The summed E-state index contributed by atoms with van der Waals surface area (Å²) in [5, 5.41) is 0. The van der Waals surface area contributed by atoms with Crippen molar-refractivity contribution in [2.24, 2.45) is 0 Å². The Morgan fingerprint density at radius 3 is 2.60 bits per heavy atom. The zero-order valence-corrected chi connectivity index (χ0v) is 12.3. The largest absolute Gasteiger partial charge is 0.379 e. The lowest BCUT2D eigenvalue weighted by Crippen LogP contribution is -2.37. The van der Waals surface area contributed by atoms with Gasteiger partial charge in [-0.05, 0) is 31.5 Å². The van der Waals surface area contributed by atoms with Crippen LogP contribution >= 0.6 is 0 Å². The Bertz CT molecular complexity index is 386. The average molecular weight is 279 g/mol. The van der Waals surface area contributed by atoms with Gasteiger partial charge in [-0.2, -0.15) is 0 Å². The second-order valence-corrected chi connectivity index (χ2v) is 5.33. The van der Waals surface area contributed by atoms with Crippen LogP contribution in [0.15, 0.2) is 24.5 Å². The third-order valence-electron chi connectivity index (χ3n) is 3.73. The fraction of sp³-hybridized carbons (Fsp3) is 0.667. The molecule has 1 aliphatic heterocycles. The number of carbonyl (C=O) groups is 1. The summed E-state index contributed by atoms with van der Waals surface area (Å²) in [4.78, 5) is 16.3. The van der Waals surface area contributed by atoms with E-state index in [-0.39, 0.29) is 5.91 Å². The maximum Gasteiger partial charge on any atom is 0.242 e. The van der Waals surface area contributed by atoms with Crippen molar-refractivity contribution in [1.82, 2.24) is 14.4 Å². The summed E-state index contributed by atoms with van der Waals surface area (Å²) in [5.41, 5.74) is 0. The maximum absolute atomic E-state index is 12.0. The Labute approximate surface area is 121 Å². The van der Waals surface area contributed by atoms with E-state index in [1.54, 1.807) is 0 Å². The van der Waals surface area contributed by atoms with Gasteiger partial charge in [-0.1, -0.05) is 0 Å². The van der Waals surface area contributed by atoms with Gasteiger partial charge in [0.25, 0.3) is 0 Å². The summed E-state index contributed by atoms with van der Waals surface area (Å²) in [6, 6.07) is 3.88. The smallest absolute Gasteiger partial charge is 0.242 e. The van der Waals surface area contributed by atoms with Crippen LogP contribution in [0.2, 0.25) is 0 Å². The SMILES string of the molecule is CN(CCCCN1CCOCC1)C(=O)Cn1cccc1. The highest BCUT2D eigenvalue weighted by Crippen LogP contribution is 2.02. The number of unbranched alkanes of at least 4 members (excludes halogenated alkanes) is 1. The third kappa shape index (κ3) is 4.98. The van der Waals surface area contributed by atoms with Crippen LogP contribution in [0.25, 0.3) is 0 Å². The van der Waals surface area contributed by atoms with Crippen molar-refractivity contribution in [3.8, 4) is 0 Å². The summed E-state index contributed by atoms with van der Waals surface area (Å²) < 4.78 is 7.24. The Balaban J connectivity index is 1.57. The molecule has 0 aromatic carbocycles. The second-order valence-electron chi connectivity index (χ2n) is 5.33. The summed E-state index contributed by atoms with van der Waals surface area (Å²) >= 11 is 0. The highest BCUT2D eigenvalue weighted by molar-refractivity contribution is 5.75. The number of carbonyl (C=O) groups excluding carboxylic acids is 1. The molecule has 0 bridgehead atoms. The predicted molar refractivity (Wildman–Crippen MR) is 78.6 cm³/mol. The summed E-state index contributed by atoms with van der Waals surface area (Å²) in [6.45, 7) is 6.19. The van der Waals surface area contributed by atoms with E-state index in [2.05, 4.69) is 4.90 Å². The van der Waals surface area contributed by atoms with Crippen LogP contribution < -0.4 is 0 Å². The number of likely N-dealkylation sites (N-methyl/N-ethyl adjacent to an activating group) is 1. The molecule has 0 atom stereocenters. The molecule has 5 nitrogen and oxygen atoms in total. The molecule has 0 radical (unpaired) electrons. The van der Waals surface area contributed by atoms with Crippen LogP contribution in [0.3, 0.4) is 0 Å². The minimum atomic E-state index is 0.174. The van der Waals surface area contributed by atoms with Crippen molar-refractivity contribution in [3.05, 3.63) is 24.5 Å². The first-order chi connectivity index (χ1) is 9.75. The molecule has 0 saturated carbocycles. The van der Waals surface area contributed by atoms with Crippen molar-refractivity contribution in [2.75, 3.05) is 46.4 Å². The number of morpholine rings is 1. The fourth-order valence-corrected chi connectivity index (χ4v) is 2.39. The van der Waals surface area contributed by atoms with Gasteiger partial charge in [0.2, 0.25) is 5.91 Å². The normalized spacial score (nSPS) is 16.2. The van der Waals surface area contributed by atoms with Gasteiger partial charge < -0.3 is 14.2 Å². The number of rotatable bonds is 7. The standard InChI is InChI=1S/C15H25N3O2/c1-16(15(19)14-18-8-4-5-9-18)6-2-3-7-17-10-12-20-13-11-17/h4-5,8-9H,2-3,6-7,10-14H2,1H3. The molecule has 1 amide bonds. The van der Waals surface area contributed by atoms with Crippen molar-refractivity contribution < 1.29 is 9.53 Å². The minimum absolute atomic E-state index is 0.174. The predicted octanol–water partition coefficient (Wildman–Crippen LogP) is 1.06. The molecule has 2 heterocycles. The van der Waals surface area contributed by atoms with E-state index >= 15 is 0 Å². The van der Waals surface area contributed by atoms with E-state index in [4.69, 9.17) is 4.74 Å². The lowest BCUT2D eigenvalue weighted by molar-refractivity contribution is -0.130. The van der Waals surface area contributed by atoms with Crippen molar-refractivity contribution >= 4 is 5.91 Å². The maximum atomic E-state index is 12.0. The Hall–Kier alpha value is -1.33. The number of aromatic nitrogens is 1. The van der Waals surface area contributed by atoms with Crippen LogP contribution in [0.1, 0.15) is 12.8 Å². The molecule has 5 heteroatoms. The van der Waals surface area contributed by atoms with Crippen molar-refractivity contribution in [2.45, 2.75) is 19.4 Å². The van der Waals surface area contributed by atoms with E-state index in [1.165, 1.54) is 0 Å². The monoisotopic (exact) mass is 279 g/mol. The quantitative estimate of drug-likeness (QED) is 0.700. The van der Waals surface area contributed by atoms with Crippen LogP contribution in [0, 0.1) is 0 Å². The highest BCUT2D eigenvalue weighted by atomic mass is 16.5. The molecule has 1 fully saturated rings. The van der Waals surface area contributed by atoms with Crippen molar-refractivity contribution in [1.29, 1.82) is 0 Å². The zero-order chi connectivity index (χ0) is 14.2. The lowest BCUT2D eigenvalue weighted by atomic mass is 10.2. The summed E-state index contributed by atoms with van der Waals surface area (Å²) in [7, 11) is 1.89. The van der Waals surface area contributed by atoms with E-state index in [9.17, 15) is 4.79 Å². The molecule has 0 unspecified atom stereocenters. The van der Waals surface area contributed by atoms with Gasteiger partial charge in [-0.25, -0.2) is 0 Å². The van der Waals surface area contributed by atoms with Gasteiger partial charge >= 0.3 is 0 Å². The zero-order valence-electron chi connectivity index (χ0n) is 12.3. The van der Waals surface area contributed by atoms with Gasteiger partial charge in [-0.3, -0.25) is 9.69 Å². The minimum Gasteiger partial charge on any atom is -0.379 e. The molecule has 0 aliphatic carbocycles. The van der Waals surface area contributed by atoms with Crippen molar-refractivity contribution in [3.63, 3.8) is 0 Å². The van der Waals surface area contributed by atoms with E-state index in [0.29, 0.717) is 6.54 Å². The Morgan fingerprint density at radius 1 is 1.20 bits per heavy atom. The molecule has 112 valence electrons. The van der Waals surface area contributed by atoms with Crippen LogP contribution in [0.4, 0.5) is 0 Å². The summed E-state index contributed by atoms with van der Waals surface area (Å²) in [5.74, 6) is 0.174. The molecular formula is C15H25N3O2. The Morgan fingerprint density at radius 2 is 1.90 bits per heavy atom. The Kier molecular flexibility index (Phi) is 6.08. The van der Waals surface area contributed by atoms with Crippen LogP contribution in [-0.4, -0.2) is 66.7 Å². The topological polar surface area (TPSA) is 37.7 Å². The first kappa shape index (κ1) is 15.1. The first-order valence-corrected chi connectivity index (χ1v) is 7.40. The average Bonchev–Trinajstić information content (AvgIpc) is 2.97. The number of hydrogen-bond donors (Lipinski definition) is 0. The molecule has 1 aromatic heterocycles. The third-order valence-corrected chi connectivity index (χ3v) is 3.73. The number of nitrogens with zero attached hydrogens (tertiary/aromatic N) is 3. The van der Waals surface area contributed by atoms with E-state index in [1.807, 2.05) is 41.0 Å². The fourth-order valence-electron chi connectivity index (χ4n) is 2.39. The number of amides is 1.